The Kier molecular flexibility index (Phi) is 6.19. The molecule has 2 atom stereocenters. The molecule has 0 aromatic carbocycles. The number of rotatable bonds is 5. The van der Waals surface area contributed by atoms with Crippen LogP contribution in [0.3, 0.4) is 0 Å². The van der Waals surface area contributed by atoms with Crippen molar-refractivity contribution in [1.29, 1.82) is 0 Å². The van der Waals surface area contributed by atoms with E-state index in [9.17, 15) is 18.7 Å². The van der Waals surface area contributed by atoms with Gasteiger partial charge in [0.05, 0.1) is 5.57 Å². The van der Waals surface area contributed by atoms with Gasteiger partial charge in [-0.05, 0) is 43.9 Å². The predicted octanol–water partition coefficient (Wildman–Crippen LogP) is 3.43. The van der Waals surface area contributed by atoms with Gasteiger partial charge >= 0.3 is 12.3 Å². The molecule has 2 aliphatic rings. The van der Waals surface area contributed by atoms with E-state index in [1.807, 2.05) is 4.84 Å². The zero-order valence-corrected chi connectivity index (χ0v) is 16.3. The number of halogens is 4. The highest BCUT2D eigenvalue weighted by Gasteiger charge is 2.56. The molecule has 5 nitrogen and oxygen atoms in total. The van der Waals surface area contributed by atoms with E-state index in [1.165, 1.54) is 17.0 Å². The molecule has 150 valence electrons. The molecule has 2 aliphatic carbocycles. The van der Waals surface area contributed by atoms with E-state index in [4.69, 9.17) is 28.1 Å². The van der Waals surface area contributed by atoms with Gasteiger partial charge in [-0.25, -0.2) is 4.74 Å². The highest BCUT2D eigenvalue weighted by atomic mass is 35.5. The van der Waals surface area contributed by atoms with Crippen molar-refractivity contribution in [2.45, 2.75) is 43.6 Å². The Balaban J connectivity index is 2.25. The SMILES string of the molecule is O=C(NCl)C1(O)C=C(Cl)C(OC(F)F)([n+]2ccccc2)C(C=C2CCCC2)=C1. The number of aromatic nitrogens is 1. The molecule has 1 saturated carbocycles. The standard InChI is InChI=1S/C19H18Cl2F2N2O3/c20-15-12-18(27,16(26)24-21)11-14(10-13-6-2-3-7-13)19(15,28-17(22)23)25-8-4-1-5-9-25/h1,4-5,8-12,17,27H,2-3,6-7H2/p+1. The zero-order valence-electron chi connectivity index (χ0n) is 14.7. The summed E-state index contributed by atoms with van der Waals surface area (Å²) < 4.78 is 33.4. The van der Waals surface area contributed by atoms with E-state index in [0.29, 0.717) is 0 Å². The Hall–Kier alpha value is -1.80. The first-order valence-electron chi connectivity index (χ1n) is 8.69. The minimum Gasteiger partial charge on any atom is -0.373 e. The fraction of sp³-hybridized carbons (Fsp3) is 0.368. The smallest absolute Gasteiger partial charge is 0.350 e. The van der Waals surface area contributed by atoms with Crippen molar-refractivity contribution in [2.75, 3.05) is 0 Å². The van der Waals surface area contributed by atoms with Crippen LogP contribution in [0.5, 0.6) is 0 Å². The molecular weight excluding hydrogens is 413 g/mol. The second-order valence-electron chi connectivity index (χ2n) is 6.66. The predicted molar refractivity (Wildman–Crippen MR) is 99.2 cm³/mol. The summed E-state index contributed by atoms with van der Waals surface area (Å²) in [6, 6.07) is 4.98. The molecule has 1 fully saturated rings. The van der Waals surface area contributed by atoms with Crippen LogP contribution in [-0.2, 0) is 15.3 Å². The quantitative estimate of drug-likeness (QED) is 0.554. The molecule has 0 aliphatic heterocycles. The summed E-state index contributed by atoms with van der Waals surface area (Å²) in [6.07, 6.45) is 10.3. The number of hydrogen-bond acceptors (Lipinski definition) is 3. The minimum absolute atomic E-state index is 0.121. The number of nitrogens with one attached hydrogen (secondary N) is 1. The molecule has 0 saturated heterocycles. The Morgan fingerprint density at radius 3 is 2.46 bits per heavy atom. The lowest BCUT2D eigenvalue weighted by atomic mass is 9.85. The number of allylic oxidation sites excluding steroid dienone is 1. The fourth-order valence-electron chi connectivity index (χ4n) is 3.54. The fourth-order valence-corrected chi connectivity index (χ4v) is 4.11. The number of alkyl halides is 2. The molecule has 2 N–H and O–H groups in total. The molecule has 0 bridgehead atoms. The van der Waals surface area contributed by atoms with Crippen LogP contribution < -0.4 is 9.40 Å². The number of nitrogens with zero attached hydrogens (tertiary/aromatic N) is 1. The maximum atomic E-state index is 13.5. The van der Waals surface area contributed by atoms with Gasteiger partial charge in [0.25, 0.3) is 5.91 Å². The molecule has 1 aromatic rings. The molecular formula is C19H19Cl2F2N2O3+. The van der Waals surface area contributed by atoms with Crippen molar-refractivity contribution in [1.82, 2.24) is 4.84 Å². The molecule has 1 amide bonds. The number of ether oxygens (including phenoxy) is 1. The molecule has 28 heavy (non-hydrogen) atoms. The third-order valence-corrected chi connectivity index (χ3v) is 5.37. The van der Waals surface area contributed by atoms with Crippen LogP contribution in [0, 0.1) is 0 Å². The molecule has 2 unspecified atom stereocenters. The highest BCUT2D eigenvalue weighted by Crippen LogP contribution is 2.43. The van der Waals surface area contributed by atoms with Crippen LogP contribution >= 0.6 is 23.4 Å². The first-order chi connectivity index (χ1) is 13.3. The van der Waals surface area contributed by atoms with Crippen molar-refractivity contribution in [3.05, 3.63) is 65.0 Å². The average Bonchev–Trinajstić information content (AvgIpc) is 3.17. The number of carbonyl (C=O) groups is 1. The van der Waals surface area contributed by atoms with Gasteiger partial charge < -0.3 is 5.11 Å². The van der Waals surface area contributed by atoms with Crippen LogP contribution in [0.1, 0.15) is 25.7 Å². The summed E-state index contributed by atoms with van der Waals surface area (Å²) in [5.41, 5.74) is -3.04. The van der Waals surface area contributed by atoms with Crippen molar-refractivity contribution in [2.24, 2.45) is 0 Å². The lowest BCUT2D eigenvalue weighted by Crippen LogP contribution is -2.62. The number of carbonyl (C=O) groups excluding carboxylic acids is 1. The van der Waals surface area contributed by atoms with E-state index in [1.54, 1.807) is 24.3 Å². The largest absolute Gasteiger partial charge is 0.373 e. The molecule has 9 heteroatoms. The Morgan fingerprint density at radius 2 is 1.89 bits per heavy atom. The van der Waals surface area contributed by atoms with Gasteiger partial charge in [0, 0.05) is 23.9 Å². The summed E-state index contributed by atoms with van der Waals surface area (Å²) in [4.78, 5) is 14.0. The molecule has 1 heterocycles. The van der Waals surface area contributed by atoms with Crippen molar-refractivity contribution >= 4 is 29.3 Å². The molecule has 0 radical (unpaired) electrons. The number of pyridine rings is 1. The van der Waals surface area contributed by atoms with Crippen LogP contribution in [0.4, 0.5) is 8.78 Å². The topological polar surface area (TPSA) is 62.4 Å². The maximum absolute atomic E-state index is 13.5. The van der Waals surface area contributed by atoms with Crippen LogP contribution in [0.2, 0.25) is 0 Å². The molecule has 3 rings (SSSR count). The van der Waals surface area contributed by atoms with Crippen LogP contribution in [-0.4, -0.2) is 23.2 Å². The Morgan fingerprint density at radius 1 is 1.25 bits per heavy atom. The van der Waals surface area contributed by atoms with Crippen LogP contribution in [0.15, 0.2) is 65.0 Å². The van der Waals surface area contributed by atoms with Crippen LogP contribution in [0.25, 0.3) is 0 Å². The summed E-state index contributed by atoms with van der Waals surface area (Å²) in [6.45, 7) is -3.17. The third-order valence-electron chi connectivity index (χ3n) is 4.83. The third kappa shape index (κ3) is 3.85. The van der Waals surface area contributed by atoms with E-state index in [2.05, 4.69) is 0 Å². The number of hydrogen-bond donors (Lipinski definition) is 2. The van der Waals surface area contributed by atoms with Gasteiger partial charge in [-0.15, -0.1) is 0 Å². The van der Waals surface area contributed by atoms with Gasteiger partial charge in [0.2, 0.25) is 0 Å². The van der Waals surface area contributed by atoms with E-state index in [0.717, 1.165) is 43.4 Å². The van der Waals surface area contributed by atoms with E-state index in [-0.39, 0.29) is 10.6 Å². The molecule has 0 spiro atoms. The first-order valence-corrected chi connectivity index (χ1v) is 9.45. The van der Waals surface area contributed by atoms with Gasteiger partial charge in [0.15, 0.2) is 18.0 Å². The average molecular weight is 432 g/mol. The van der Waals surface area contributed by atoms with E-state index < -0.39 is 23.8 Å². The van der Waals surface area contributed by atoms with E-state index >= 15 is 0 Å². The summed E-state index contributed by atoms with van der Waals surface area (Å²) >= 11 is 11.8. The first kappa shape index (κ1) is 20.9. The second-order valence-corrected chi connectivity index (χ2v) is 7.25. The lowest BCUT2D eigenvalue weighted by molar-refractivity contribution is -0.792. The van der Waals surface area contributed by atoms with Gasteiger partial charge in [-0.3, -0.25) is 9.63 Å². The van der Waals surface area contributed by atoms with Gasteiger partial charge in [-0.2, -0.15) is 13.3 Å². The maximum Gasteiger partial charge on any atom is 0.350 e. The van der Waals surface area contributed by atoms with Crippen molar-refractivity contribution in [3.63, 3.8) is 0 Å². The summed E-state index contributed by atoms with van der Waals surface area (Å²) in [7, 11) is 0. The Labute approximate surface area is 171 Å². The highest BCUT2D eigenvalue weighted by molar-refractivity contribution is 6.31. The van der Waals surface area contributed by atoms with Crippen molar-refractivity contribution < 1.29 is 28.0 Å². The lowest BCUT2D eigenvalue weighted by Gasteiger charge is -2.35. The summed E-state index contributed by atoms with van der Waals surface area (Å²) in [5, 5.41) is 10.5. The normalized spacial score (nSPS) is 27.4. The Bertz CT molecular complexity index is 837. The zero-order chi connectivity index (χ0) is 20.4. The number of amides is 1. The van der Waals surface area contributed by atoms with Gasteiger partial charge in [-0.1, -0.05) is 23.2 Å². The summed E-state index contributed by atoms with van der Waals surface area (Å²) in [5.74, 6) is -0.960. The molecule has 1 aromatic heterocycles. The minimum atomic E-state index is -3.17. The monoisotopic (exact) mass is 431 g/mol. The van der Waals surface area contributed by atoms with Gasteiger partial charge in [0.1, 0.15) is 5.03 Å². The second kappa shape index (κ2) is 8.29. The number of aliphatic hydroxyl groups is 1. The van der Waals surface area contributed by atoms with Crippen molar-refractivity contribution in [3.8, 4) is 0 Å².